The Morgan fingerprint density at radius 3 is 2.38 bits per heavy atom. The lowest BCUT2D eigenvalue weighted by Gasteiger charge is -2.15. The molecule has 34 heavy (non-hydrogen) atoms. The van der Waals surface area contributed by atoms with Crippen LogP contribution in [-0.2, 0) is 6.61 Å². The first-order chi connectivity index (χ1) is 16.4. The first-order valence-electron chi connectivity index (χ1n) is 10.3. The van der Waals surface area contributed by atoms with E-state index in [-0.39, 0.29) is 17.3 Å². The van der Waals surface area contributed by atoms with Crippen molar-refractivity contribution < 1.29 is 14.1 Å². The first-order valence-corrected chi connectivity index (χ1v) is 12.0. The summed E-state index contributed by atoms with van der Waals surface area (Å²) in [4.78, 5) is 11.1. The average Bonchev–Trinajstić information content (AvgIpc) is 3.19. The number of benzene rings is 3. The van der Waals surface area contributed by atoms with Gasteiger partial charge in [-0.15, -0.1) is 10.2 Å². The van der Waals surface area contributed by atoms with Crippen LogP contribution in [-0.4, -0.2) is 26.2 Å². The molecule has 10 heteroatoms. The summed E-state index contributed by atoms with van der Waals surface area (Å²) in [6.45, 7) is 1.90. The Hall–Kier alpha value is -3.24. The molecular weight excluding hydrogens is 523 g/mol. The fourth-order valence-electron chi connectivity index (χ4n) is 3.31. The minimum atomic E-state index is -0.502. The van der Waals surface area contributed by atoms with Crippen LogP contribution in [0.5, 0.6) is 5.75 Å². The van der Waals surface area contributed by atoms with Gasteiger partial charge in [0.15, 0.2) is 5.16 Å². The number of nitro groups is 1. The van der Waals surface area contributed by atoms with Gasteiger partial charge in [0.05, 0.1) is 0 Å². The van der Waals surface area contributed by atoms with Crippen LogP contribution in [0.3, 0.4) is 0 Å². The second kappa shape index (κ2) is 10.8. The van der Waals surface area contributed by atoms with Crippen molar-refractivity contribution in [1.29, 1.82) is 0 Å². The van der Waals surface area contributed by atoms with Crippen LogP contribution in [0.15, 0.2) is 82.4 Å². The van der Waals surface area contributed by atoms with E-state index in [9.17, 15) is 14.5 Å². The molecule has 0 radical (unpaired) electrons. The van der Waals surface area contributed by atoms with Gasteiger partial charge in [-0.2, -0.15) is 0 Å². The lowest BCUT2D eigenvalue weighted by atomic mass is 10.1. The SMILES string of the molecule is Cc1nnc(S[C@H](C[N+](=O)[O-])c2ccc(OCc3ccc(Br)cc3)cc2)n1-c1ccc(F)cc1. The molecule has 0 spiro atoms. The minimum absolute atomic E-state index is 0.293. The van der Waals surface area contributed by atoms with Gasteiger partial charge in [-0.05, 0) is 66.6 Å². The minimum Gasteiger partial charge on any atom is -0.489 e. The predicted molar refractivity (Wildman–Crippen MR) is 131 cm³/mol. The first kappa shape index (κ1) is 23.9. The van der Waals surface area contributed by atoms with Crippen LogP contribution in [0.4, 0.5) is 4.39 Å². The van der Waals surface area contributed by atoms with Gasteiger partial charge in [-0.3, -0.25) is 14.7 Å². The number of aromatic nitrogens is 3. The zero-order chi connectivity index (χ0) is 24.1. The van der Waals surface area contributed by atoms with E-state index in [1.54, 1.807) is 35.8 Å². The molecule has 0 aliphatic rings. The van der Waals surface area contributed by atoms with Crippen molar-refractivity contribution in [1.82, 2.24) is 14.8 Å². The molecule has 0 unspecified atom stereocenters. The highest BCUT2D eigenvalue weighted by Crippen LogP contribution is 2.36. The van der Waals surface area contributed by atoms with E-state index in [4.69, 9.17) is 4.74 Å². The Morgan fingerprint density at radius 2 is 1.74 bits per heavy atom. The van der Waals surface area contributed by atoms with Gasteiger partial charge in [0.25, 0.3) is 0 Å². The second-order valence-electron chi connectivity index (χ2n) is 7.45. The standard InChI is InChI=1S/C24H20BrFN4O3S/c1-16-27-28-24(30(16)21-10-8-20(26)9-11-21)34-23(14-29(31)32)18-4-12-22(13-5-18)33-15-17-2-6-19(25)7-3-17/h2-13,23H,14-15H2,1H3/t23-/m1/s1. The molecule has 0 N–H and O–H groups in total. The molecule has 0 amide bonds. The third kappa shape index (κ3) is 6.00. The molecular formula is C24H20BrFN4O3S. The number of hydrogen-bond donors (Lipinski definition) is 0. The summed E-state index contributed by atoms with van der Waals surface area (Å²) in [7, 11) is 0. The molecule has 7 nitrogen and oxygen atoms in total. The number of halogens is 2. The van der Waals surface area contributed by atoms with Gasteiger partial charge >= 0.3 is 0 Å². The molecule has 0 aliphatic carbocycles. The van der Waals surface area contributed by atoms with E-state index in [1.807, 2.05) is 36.4 Å². The quantitative estimate of drug-likeness (QED) is 0.143. The molecule has 4 rings (SSSR count). The molecule has 0 aliphatic heterocycles. The van der Waals surface area contributed by atoms with Gasteiger partial charge in [-0.25, -0.2) is 4.39 Å². The molecule has 174 valence electrons. The summed E-state index contributed by atoms with van der Waals surface area (Å²) in [5.41, 5.74) is 2.48. The van der Waals surface area contributed by atoms with Crippen LogP contribution in [0.25, 0.3) is 5.69 Å². The van der Waals surface area contributed by atoms with Crippen LogP contribution in [0.1, 0.15) is 22.2 Å². The fourth-order valence-corrected chi connectivity index (χ4v) is 4.75. The summed E-state index contributed by atoms with van der Waals surface area (Å²) in [5.74, 6) is 0.921. The van der Waals surface area contributed by atoms with Crippen molar-refractivity contribution in [3.63, 3.8) is 0 Å². The maximum absolute atomic E-state index is 13.4. The van der Waals surface area contributed by atoms with Gasteiger partial charge in [0, 0.05) is 15.1 Å². The van der Waals surface area contributed by atoms with Crippen molar-refractivity contribution in [3.05, 3.63) is 110 Å². The lowest BCUT2D eigenvalue weighted by molar-refractivity contribution is -0.479. The van der Waals surface area contributed by atoms with Gasteiger partial charge in [0.2, 0.25) is 6.54 Å². The topological polar surface area (TPSA) is 83.1 Å². The van der Waals surface area contributed by atoms with E-state index >= 15 is 0 Å². The number of rotatable bonds is 9. The highest BCUT2D eigenvalue weighted by Gasteiger charge is 2.24. The molecule has 1 atom stereocenters. The summed E-state index contributed by atoms with van der Waals surface area (Å²) in [5, 5.41) is 19.7. The smallest absolute Gasteiger partial charge is 0.220 e. The van der Waals surface area contributed by atoms with Crippen LogP contribution in [0, 0.1) is 22.9 Å². The lowest BCUT2D eigenvalue weighted by Crippen LogP contribution is -2.11. The number of nitrogens with zero attached hydrogens (tertiary/aromatic N) is 4. The molecule has 0 fully saturated rings. The summed E-state index contributed by atoms with van der Waals surface area (Å²) in [6.07, 6.45) is 0. The second-order valence-corrected chi connectivity index (χ2v) is 9.53. The molecule has 0 saturated heterocycles. The van der Waals surface area contributed by atoms with Gasteiger partial charge < -0.3 is 4.74 Å². The van der Waals surface area contributed by atoms with Crippen molar-refractivity contribution in [3.8, 4) is 11.4 Å². The molecule has 1 heterocycles. The Morgan fingerprint density at radius 1 is 1.06 bits per heavy atom. The maximum atomic E-state index is 13.4. The Balaban J connectivity index is 1.52. The van der Waals surface area contributed by atoms with E-state index in [0.717, 1.165) is 15.6 Å². The Kier molecular flexibility index (Phi) is 7.59. The maximum Gasteiger partial charge on any atom is 0.220 e. The molecule has 0 saturated carbocycles. The number of ether oxygens (including phenoxy) is 1. The molecule has 4 aromatic rings. The molecule has 0 bridgehead atoms. The molecule has 3 aromatic carbocycles. The fraction of sp³-hybridized carbons (Fsp3) is 0.167. The van der Waals surface area contributed by atoms with E-state index in [2.05, 4.69) is 26.1 Å². The summed E-state index contributed by atoms with van der Waals surface area (Å²) >= 11 is 4.65. The highest BCUT2D eigenvalue weighted by molar-refractivity contribution is 9.10. The Bertz CT molecular complexity index is 1270. The monoisotopic (exact) mass is 542 g/mol. The average molecular weight is 543 g/mol. The number of thioether (sulfide) groups is 1. The van der Waals surface area contributed by atoms with E-state index in [1.165, 1.54) is 23.9 Å². The number of aryl methyl sites for hydroxylation is 1. The van der Waals surface area contributed by atoms with Crippen LogP contribution >= 0.6 is 27.7 Å². The van der Waals surface area contributed by atoms with Crippen LogP contribution in [0.2, 0.25) is 0 Å². The van der Waals surface area contributed by atoms with E-state index in [0.29, 0.717) is 29.0 Å². The molecule has 1 aromatic heterocycles. The van der Waals surface area contributed by atoms with Gasteiger partial charge in [0.1, 0.15) is 29.2 Å². The summed E-state index contributed by atoms with van der Waals surface area (Å²) in [6, 6.07) is 21.0. The summed E-state index contributed by atoms with van der Waals surface area (Å²) < 4.78 is 22.0. The number of hydrogen-bond acceptors (Lipinski definition) is 6. The van der Waals surface area contributed by atoms with Crippen molar-refractivity contribution >= 4 is 27.7 Å². The zero-order valence-electron chi connectivity index (χ0n) is 18.1. The van der Waals surface area contributed by atoms with Crippen molar-refractivity contribution in [2.45, 2.75) is 23.9 Å². The Labute approximate surface area is 208 Å². The largest absolute Gasteiger partial charge is 0.489 e. The highest BCUT2D eigenvalue weighted by atomic mass is 79.9. The van der Waals surface area contributed by atoms with Crippen LogP contribution < -0.4 is 4.74 Å². The van der Waals surface area contributed by atoms with Crippen molar-refractivity contribution in [2.75, 3.05) is 6.54 Å². The third-order valence-electron chi connectivity index (χ3n) is 5.01. The normalized spacial score (nSPS) is 11.9. The zero-order valence-corrected chi connectivity index (χ0v) is 20.5. The predicted octanol–water partition coefficient (Wildman–Crippen LogP) is 6.17. The van der Waals surface area contributed by atoms with Gasteiger partial charge in [-0.1, -0.05) is 52.0 Å². The van der Waals surface area contributed by atoms with Crippen molar-refractivity contribution in [2.24, 2.45) is 0 Å². The third-order valence-corrected chi connectivity index (χ3v) is 6.72. The van der Waals surface area contributed by atoms with E-state index < -0.39 is 5.25 Å².